The summed E-state index contributed by atoms with van der Waals surface area (Å²) in [5, 5.41) is 3.08. The molecule has 0 heterocycles. The number of nitrogens with one attached hydrogen (secondary N) is 1. The molecule has 2 rings (SSSR count). The number of carbonyl (C=O) groups is 1. The second-order valence-corrected chi connectivity index (χ2v) is 5.88. The first-order valence-electron chi connectivity index (χ1n) is 7.84. The molecule has 4 nitrogen and oxygen atoms in total. The Balaban J connectivity index is 1.84. The van der Waals surface area contributed by atoms with Gasteiger partial charge in [0.2, 0.25) is 0 Å². The number of hydrogen-bond donors (Lipinski definition) is 2. The van der Waals surface area contributed by atoms with Gasteiger partial charge >= 0.3 is 0 Å². The summed E-state index contributed by atoms with van der Waals surface area (Å²) in [6.07, 6.45) is 4.67. The van der Waals surface area contributed by atoms with Crippen molar-refractivity contribution in [3.05, 3.63) is 35.4 Å². The summed E-state index contributed by atoms with van der Waals surface area (Å²) in [5.74, 6) is 0.00116. The van der Waals surface area contributed by atoms with E-state index in [9.17, 15) is 4.79 Å². The summed E-state index contributed by atoms with van der Waals surface area (Å²) in [5.41, 5.74) is 7.56. The van der Waals surface area contributed by atoms with Crippen molar-refractivity contribution >= 4 is 5.91 Å². The maximum Gasteiger partial charge on any atom is 0.251 e. The van der Waals surface area contributed by atoms with Crippen LogP contribution in [0.3, 0.4) is 0 Å². The van der Waals surface area contributed by atoms with E-state index in [0.717, 1.165) is 31.7 Å². The van der Waals surface area contributed by atoms with Crippen molar-refractivity contribution in [2.24, 2.45) is 11.1 Å². The zero-order valence-electron chi connectivity index (χ0n) is 12.9. The Morgan fingerprint density at radius 1 is 1.33 bits per heavy atom. The molecule has 1 amide bonds. The topological polar surface area (TPSA) is 64.3 Å². The van der Waals surface area contributed by atoms with Crippen molar-refractivity contribution in [1.29, 1.82) is 0 Å². The highest BCUT2D eigenvalue weighted by molar-refractivity contribution is 5.94. The molecule has 1 aliphatic carbocycles. The molecule has 0 spiro atoms. The van der Waals surface area contributed by atoms with Crippen molar-refractivity contribution in [2.45, 2.75) is 39.2 Å². The molecule has 1 aromatic carbocycles. The smallest absolute Gasteiger partial charge is 0.251 e. The third-order valence-corrected chi connectivity index (χ3v) is 4.47. The quantitative estimate of drug-likeness (QED) is 0.723. The average Bonchev–Trinajstić information content (AvgIpc) is 2.49. The van der Waals surface area contributed by atoms with E-state index in [4.69, 9.17) is 10.5 Å². The average molecular weight is 290 g/mol. The molecular weight excluding hydrogens is 264 g/mol. The number of amides is 1. The van der Waals surface area contributed by atoms with Crippen molar-refractivity contribution in [3.63, 3.8) is 0 Å². The van der Waals surface area contributed by atoms with Crippen molar-refractivity contribution in [1.82, 2.24) is 5.32 Å². The third-order valence-electron chi connectivity index (χ3n) is 4.47. The van der Waals surface area contributed by atoms with Crippen LogP contribution in [0.1, 0.15) is 48.5 Å². The van der Waals surface area contributed by atoms with Gasteiger partial charge in [0.05, 0.1) is 0 Å². The van der Waals surface area contributed by atoms with Crippen LogP contribution in [0, 0.1) is 5.41 Å². The first-order chi connectivity index (χ1) is 10.2. The fourth-order valence-corrected chi connectivity index (χ4v) is 2.79. The van der Waals surface area contributed by atoms with Crippen molar-refractivity contribution in [3.8, 4) is 0 Å². The lowest BCUT2D eigenvalue weighted by atomic mass is 9.66. The highest BCUT2D eigenvalue weighted by Crippen LogP contribution is 2.43. The zero-order valence-corrected chi connectivity index (χ0v) is 12.9. The largest absolute Gasteiger partial charge is 0.382 e. The van der Waals surface area contributed by atoms with Gasteiger partial charge in [-0.15, -0.1) is 0 Å². The molecule has 0 aromatic heterocycles. The minimum Gasteiger partial charge on any atom is -0.382 e. The summed E-state index contributed by atoms with van der Waals surface area (Å²) >= 11 is 0. The molecule has 21 heavy (non-hydrogen) atoms. The fourth-order valence-electron chi connectivity index (χ4n) is 2.79. The predicted molar refractivity (Wildman–Crippen MR) is 84.1 cm³/mol. The SMILES string of the molecule is CCOCCC1(CNC(=O)c2ccc(CN)cc2)CCC1. The Bertz CT molecular complexity index is 452. The lowest BCUT2D eigenvalue weighted by Gasteiger charge is -2.42. The van der Waals surface area contributed by atoms with Crippen LogP contribution < -0.4 is 11.1 Å². The van der Waals surface area contributed by atoms with Gasteiger partial charge in [-0.1, -0.05) is 18.6 Å². The van der Waals surface area contributed by atoms with Crippen LogP contribution in [0.2, 0.25) is 0 Å². The predicted octanol–water partition coefficient (Wildman–Crippen LogP) is 2.47. The standard InChI is InChI=1S/C17H26N2O2/c1-2-21-11-10-17(8-3-9-17)13-19-16(20)15-6-4-14(12-18)5-7-15/h4-7H,2-3,8-13,18H2,1H3,(H,19,20). The third kappa shape index (κ3) is 4.29. The molecule has 3 N–H and O–H groups in total. The Morgan fingerprint density at radius 2 is 2.05 bits per heavy atom. The van der Waals surface area contributed by atoms with E-state index in [0.29, 0.717) is 12.1 Å². The van der Waals surface area contributed by atoms with Crippen LogP contribution in [-0.4, -0.2) is 25.7 Å². The molecule has 0 bridgehead atoms. The van der Waals surface area contributed by atoms with Gasteiger partial charge in [0, 0.05) is 31.9 Å². The van der Waals surface area contributed by atoms with E-state index in [1.54, 1.807) is 0 Å². The molecule has 0 unspecified atom stereocenters. The number of ether oxygens (including phenoxy) is 1. The van der Waals surface area contributed by atoms with Gasteiger partial charge in [-0.05, 0) is 49.3 Å². The zero-order chi connectivity index (χ0) is 15.1. The summed E-state index contributed by atoms with van der Waals surface area (Å²) in [6, 6.07) is 7.49. The fraction of sp³-hybridized carbons (Fsp3) is 0.588. The number of rotatable bonds is 8. The Kier molecular flexibility index (Phi) is 5.76. The van der Waals surface area contributed by atoms with E-state index < -0.39 is 0 Å². The van der Waals surface area contributed by atoms with Gasteiger partial charge in [0.15, 0.2) is 0 Å². The van der Waals surface area contributed by atoms with Crippen LogP contribution >= 0.6 is 0 Å². The van der Waals surface area contributed by atoms with Gasteiger partial charge in [0.1, 0.15) is 0 Å². The number of benzene rings is 1. The van der Waals surface area contributed by atoms with Crippen LogP contribution in [0.5, 0.6) is 0 Å². The second-order valence-electron chi connectivity index (χ2n) is 5.88. The van der Waals surface area contributed by atoms with Gasteiger partial charge < -0.3 is 15.8 Å². The van der Waals surface area contributed by atoms with Gasteiger partial charge in [-0.3, -0.25) is 4.79 Å². The van der Waals surface area contributed by atoms with Gasteiger partial charge in [-0.2, -0.15) is 0 Å². The van der Waals surface area contributed by atoms with Crippen molar-refractivity contribution < 1.29 is 9.53 Å². The maximum absolute atomic E-state index is 12.2. The lowest BCUT2D eigenvalue weighted by molar-refractivity contribution is 0.0513. The summed E-state index contributed by atoms with van der Waals surface area (Å²) < 4.78 is 5.46. The number of hydrogen-bond acceptors (Lipinski definition) is 3. The van der Waals surface area contributed by atoms with E-state index in [2.05, 4.69) is 5.32 Å². The van der Waals surface area contributed by atoms with Crippen LogP contribution in [-0.2, 0) is 11.3 Å². The summed E-state index contributed by atoms with van der Waals surface area (Å²) in [7, 11) is 0. The Labute approximate surface area is 127 Å². The van der Waals surface area contributed by atoms with Crippen molar-refractivity contribution in [2.75, 3.05) is 19.8 Å². The molecular formula is C17H26N2O2. The molecule has 1 saturated carbocycles. The molecule has 1 fully saturated rings. The second kappa shape index (κ2) is 7.57. The molecule has 1 aliphatic rings. The molecule has 0 radical (unpaired) electrons. The van der Waals surface area contributed by atoms with E-state index >= 15 is 0 Å². The van der Waals surface area contributed by atoms with E-state index in [-0.39, 0.29) is 11.3 Å². The van der Waals surface area contributed by atoms with Crippen LogP contribution in [0.15, 0.2) is 24.3 Å². The molecule has 116 valence electrons. The first-order valence-corrected chi connectivity index (χ1v) is 7.84. The first kappa shape index (κ1) is 16.0. The molecule has 1 aromatic rings. The van der Waals surface area contributed by atoms with Gasteiger partial charge in [-0.25, -0.2) is 0 Å². The highest BCUT2D eigenvalue weighted by atomic mass is 16.5. The van der Waals surface area contributed by atoms with Gasteiger partial charge in [0.25, 0.3) is 5.91 Å². The molecule has 0 atom stereocenters. The molecule has 4 heteroatoms. The van der Waals surface area contributed by atoms with E-state index in [1.807, 2.05) is 31.2 Å². The molecule has 0 saturated heterocycles. The number of carbonyl (C=O) groups excluding carboxylic acids is 1. The Hall–Kier alpha value is -1.39. The summed E-state index contributed by atoms with van der Waals surface area (Å²) in [4.78, 5) is 12.2. The summed E-state index contributed by atoms with van der Waals surface area (Å²) in [6.45, 7) is 4.81. The monoisotopic (exact) mass is 290 g/mol. The normalized spacial score (nSPS) is 16.3. The minimum atomic E-state index is 0.00116. The van der Waals surface area contributed by atoms with E-state index in [1.165, 1.54) is 19.3 Å². The van der Waals surface area contributed by atoms with Crippen LogP contribution in [0.25, 0.3) is 0 Å². The number of nitrogens with two attached hydrogens (primary N) is 1. The Morgan fingerprint density at radius 3 is 2.57 bits per heavy atom. The minimum absolute atomic E-state index is 0.00116. The highest BCUT2D eigenvalue weighted by Gasteiger charge is 2.36. The van der Waals surface area contributed by atoms with Crippen LogP contribution in [0.4, 0.5) is 0 Å². The molecule has 0 aliphatic heterocycles. The lowest BCUT2D eigenvalue weighted by Crippen LogP contribution is -2.42. The maximum atomic E-state index is 12.2.